The Kier molecular flexibility index (Phi) is 6.46. The number of hydrogen-bond acceptors (Lipinski definition) is 4. The van der Waals surface area contributed by atoms with Gasteiger partial charge < -0.3 is 10.1 Å². The number of halogens is 3. The minimum Gasteiger partial charge on any atom is -0.449 e. The molecule has 2 aromatic rings. The van der Waals surface area contributed by atoms with Gasteiger partial charge in [-0.2, -0.15) is 8.78 Å². The van der Waals surface area contributed by atoms with Crippen LogP contribution in [-0.4, -0.2) is 23.7 Å². The third-order valence-corrected chi connectivity index (χ3v) is 3.86. The molecule has 132 valence electrons. The monoisotopic (exact) mass is 369 g/mol. The number of hydrogen-bond donors (Lipinski definition) is 1. The zero-order valence-corrected chi connectivity index (χ0v) is 13.9. The topological polar surface area (TPSA) is 55.4 Å². The summed E-state index contributed by atoms with van der Waals surface area (Å²) in [6, 6.07) is 10.9. The van der Waals surface area contributed by atoms with Crippen molar-refractivity contribution in [3.05, 3.63) is 59.9 Å². The van der Waals surface area contributed by atoms with Crippen LogP contribution in [0.1, 0.15) is 17.3 Å². The van der Waals surface area contributed by atoms with Crippen molar-refractivity contribution in [3.63, 3.8) is 0 Å². The van der Waals surface area contributed by atoms with Crippen molar-refractivity contribution in [2.45, 2.75) is 23.7 Å². The van der Waals surface area contributed by atoms with Crippen LogP contribution in [0.5, 0.6) is 0 Å². The van der Waals surface area contributed by atoms with Crippen molar-refractivity contribution in [1.29, 1.82) is 0 Å². The molecule has 1 amide bonds. The maximum absolute atomic E-state index is 13.1. The van der Waals surface area contributed by atoms with E-state index in [0.717, 1.165) is 6.07 Å². The minimum absolute atomic E-state index is 0.0558. The molecular weight excluding hydrogens is 355 g/mol. The number of nitrogens with one attached hydrogen (secondary N) is 1. The number of amides is 1. The second-order valence-corrected chi connectivity index (χ2v) is 5.95. The van der Waals surface area contributed by atoms with Crippen LogP contribution in [0.15, 0.2) is 53.4 Å². The summed E-state index contributed by atoms with van der Waals surface area (Å²) in [6.45, 7) is 1.33. The molecule has 0 saturated heterocycles. The Morgan fingerprint density at radius 2 is 1.84 bits per heavy atom. The van der Waals surface area contributed by atoms with Crippen LogP contribution in [0.25, 0.3) is 0 Å². The molecule has 0 unspecified atom stereocenters. The molecule has 0 bridgehead atoms. The summed E-state index contributed by atoms with van der Waals surface area (Å²) in [5.41, 5.74) is 0.153. The standard InChI is InChI=1S/C17H14F3NO3S/c1-10(15(22)21-12-6-4-5-11(18)9-12)24-16(23)13-7-2-3-8-14(13)25-17(19)20/h2-10,17H,1H3,(H,21,22)/t10-/m0/s1. The molecule has 1 N–H and O–H groups in total. The van der Waals surface area contributed by atoms with E-state index < -0.39 is 29.6 Å². The van der Waals surface area contributed by atoms with Crippen molar-refractivity contribution in [2.75, 3.05) is 5.32 Å². The van der Waals surface area contributed by atoms with Gasteiger partial charge in [-0.1, -0.05) is 30.0 Å². The Bertz CT molecular complexity index is 770. The van der Waals surface area contributed by atoms with E-state index in [1.54, 1.807) is 0 Å². The Balaban J connectivity index is 2.03. The third kappa shape index (κ3) is 5.53. The lowest BCUT2D eigenvalue weighted by Crippen LogP contribution is -2.30. The van der Waals surface area contributed by atoms with E-state index in [1.807, 2.05) is 0 Å². The molecule has 0 heterocycles. The number of anilines is 1. The summed E-state index contributed by atoms with van der Waals surface area (Å²) < 4.78 is 43.2. The summed E-state index contributed by atoms with van der Waals surface area (Å²) in [5.74, 6) is -4.79. The number of benzene rings is 2. The van der Waals surface area contributed by atoms with E-state index in [-0.39, 0.29) is 27.9 Å². The minimum atomic E-state index is -2.69. The largest absolute Gasteiger partial charge is 0.449 e. The van der Waals surface area contributed by atoms with Gasteiger partial charge in [0.1, 0.15) is 5.82 Å². The van der Waals surface area contributed by atoms with Gasteiger partial charge in [0.25, 0.3) is 11.7 Å². The first-order chi connectivity index (χ1) is 11.9. The summed E-state index contributed by atoms with van der Waals surface area (Å²) in [4.78, 5) is 24.2. The second-order valence-electron chi connectivity index (χ2n) is 4.92. The maximum Gasteiger partial charge on any atom is 0.340 e. The summed E-state index contributed by atoms with van der Waals surface area (Å²) >= 11 is 0.217. The molecule has 2 rings (SSSR count). The van der Waals surface area contributed by atoms with Crippen LogP contribution in [0.3, 0.4) is 0 Å². The molecule has 8 heteroatoms. The molecular formula is C17H14F3NO3S. The van der Waals surface area contributed by atoms with Crippen molar-refractivity contribution in [3.8, 4) is 0 Å². The zero-order chi connectivity index (χ0) is 18.4. The summed E-state index contributed by atoms with van der Waals surface area (Å²) in [6.07, 6.45) is -1.19. The van der Waals surface area contributed by atoms with E-state index >= 15 is 0 Å². The molecule has 0 aliphatic carbocycles. The number of ether oxygens (including phenoxy) is 1. The van der Waals surface area contributed by atoms with Crippen LogP contribution in [0.2, 0.25) is 0 Å². The SMILES string of the molecule is C[C@H](OC(=O)c1ccccc1SC(F)F)C(=O)Nc1cccc(F)c1. The molecule has 0 aromatic heterocycles. The van der Waals surface area contributed by atoms with E-state index in [1.165, 1.54) is 49.4 Å². The fourth-order valence-electron chi connectivity index (χ4n) is 1.92. The van der Waals surface area contributed by atoms with Crippen LogP contribution in [0, 0.1) is 5.82 Å². The highest BCUT2D eigenvalue weighted by Crippen LogP contribution is 2.29. The average Bonchev–Trinajstić information content (AvgIpc) is 2.54. The lowest BCUT2D eigenvalue weighted by molar-refractivity contribution is -0.123. The fourth-order valence-corrected chi connectivity index (χ4v) is 2.55. The van der Waals surface area contributed by atoms with Crippen molar-refractivity contribution < 1.29 is 27.5 Å². The smallest absolute Gasteiger partial charge is 0.340 e. The number of alkyl halides is 2. The predicted molar refractivity (Wildman–Crippen MR) is 88.2 cm³/mol. The highest BCUT2D eigenvalue weighted by Gasteiger charge is 2.22. The average molecular weight is 369 g/mol. The van der Waals surface area contributed by atoms with Gasteiger partial charge in [-0.05, 0) is 37.3 Å². The lowest BCUT2D eigenvalue weighted by atomic mass is 10.2. The van der Waals surface area contributed by atoms with E-state index in [9.17, 15) is 22.8 Å². The van der Waals surface area contributed by atoms with Gasteiger partial charge in [-0.3, -0.25) is 4.79 Å². The summed E-state index contributed by atoms with van der Waals surface area (Å²) in [5, 5.41) is 2.40. The van der Waals surface area contributed by atoms with Gasteiger partial charge in [0.15, 0.2) is 6.10 Å². The van der Waals surface area contributed by atoms with Crippen molar-refractivity contribution in [1.82, 2.24) is 0 Å². The highest BCUT2D eigenvalue weighted by molar-refractivity contribution is 7.99. The molecule has 4 nitrogen and oxygen atoms in total. The molecule has 0 radical (unpaired) electrons. The molecule has 2 aromatic carbocycles. The van der Waals surface area contributed by atoms with Crippen molar-refractivity contribution in [2.24, 2.45) is 0 Å². The number of carbonyl (C=O) groups excluding carboxylic acids is 2. The lowest BCUT2D eigenvalue weighted by Gasteiger charge is -2.15. The van der Waals surface area contributed by atoms with Gasteiger partial charge in [0.2, 0.25) is 0 Å². The second kappa shape index (κ2) is 8.57. The molecule has 0 fully saturated rings. The van der Waals surface area contributed by atoms with Gasteiger partial charge in [0, 0.05) is 10.6 Å². The molecule has 0 aliphatic rings. The molecule has 25 heavy (non-hydrogen) atoms. The summed E-state index contributed by atoms with van der Waals surface area (Å²) in [7, 11) is 0. The number of thioether (sulfide) groups is 1. The van der Waals surface area contributed by atoms with E-state index in [0.29, 0.717) is 0 Å². The van der Waals surface area contributed by atoms with Crippen LogP contribution in [-0.2, 0) is 9.53 Å². The van der Waals surface area contributed by atoms with Crippen LogP contribution in [0.4, 0.5) is 18.9 Å². The first-order valence-electron chi connectivity index (χ1n) is 7.18. The van der Waals surface area contributed by atoms with Gasteiger partial charge in [0.05, 0.1) is 5.56 Å². The third-order valence-electron chi connectivity index (χ3n) is 3.07. The first kappa shape index (κ1) is 18.9. The molecule has 0 spiro atoms. The molecule has 0 saturated carbocycles. The molecule has 1 atom stereocenters. The fraction of sp³-hybridized carbons (Fsp3) is 0.176. The highest BCUT2D eigenvalue weighted by atomic mass is 32.2. The normalized spacial score (nSPS) is 11.9. The Morgan fingerprint density at radius 1 is 1.12 bits per heavy atom. The first-order valence-corrected chi connectivity index (χ1v) is 8.06. The Hall–Kier alpha value is -2.48. The van der Waals surface area contributed by atoms with Gasteiger partial charge in [-0.25, -0.2) is 9.18 Å². The van der Waals surface area contributed by atoms with Crippen LogP contribution < -0.4 is 5.32 Å². The number of rotatable bonds is 6. The van der Waals surface area contributed by atoms with Gasteiger partial charge in [-0.15, -0.1) is 0 Å². The van der Waals surface area contributed by atoms with E-state index in [2.05, 4.69) is 5.32 Å². The van der Waals surface area contributed by atoms with Crippen LogP contribution >= 0.6 is 11.8 Å². The number of esters is 1. The Morgan fingerprint density at radius 3 is 2.52 bits per heavy atom. The van der Waals surface area contributed by atoms with E-state index in [4.69, 9.17) is 4.74 Å². The quantitative estimate of drug-likeness (QED) is 0.608. The zero-order valence-electron chi connectivity index (χ0n) is 13.0. The number of carbonyl (C=O) groups is 2. The van der Waals surface area contributed by atoms with Crippen molar-refractivity contribution >= 4 is 29.3 Å². The predicted octanol–water partition coefficient (Wildman–Crippen LogP) is 4.32. The molecule has 0 aliphatic heterocycles. The van der Waals surface area contributed by atoms with Gasteiger partial charge >= 0.3 is 5.97 Å². The maximum atomic E-state index is 13.1. The Labute approximate surface area is 146 Å².